The van der Waals surface area contributed by atoms with Crippen molar-refractivity contribution in [3.8, 4) is 5.75 Å². The van der Waals surface area contributed by atoms with Crippen LogP contribution in [0.1, 0.15) is 22.3 Å². The fourth-order valence-electron chi connectivity index (χ4n) is 1.54. The highest BCUT2D eigenvalue weighted by atomic mass is 32.1. The summed E-state index contributed by atoms with van der Waals surface area (Å²) in [5, 5.41) is 14.6. The smallest absolute Gasteiger partial charge is 0.282 e. The van der Waals surface area contributed by atoms with E-state index in [-0.39, 0.29) is 5.91 Å². The number of hydrogen-bond acceptors (Lipinski definition) is 6. The minimum atomic E-state index is -0.220. The molecule has 2 N–H and O–H groups in total. The topological polar surface area (TPSA) is 76.1 Å². The van der Waals surface area contributed by atoms with Gasteiger partial charge in [-0.1, -0.05) is 23.5 Å². The summed E-state index contributed by atoms with van der Waals surface area (Å²) in [5.41, 5.74) is 0.996. The van der Waals surface area contributed by atoms with Crippen LogP contribution < -0.4 is 15.4 Å². The summed E-state index contributed by atoms with van der Waals surface area (Å²) >= 11 is 1.24. The van der Waals surface area contributed by atoms with Gasteiger partial charge >= 0.3 is 0 Å². The normalized spacial score (nSPS) is 10.1. The number of carbonyl (C=O) groups is 1. The molecule has 1 aromatic carbocycles. The molecular weight excluding hydrogens is 276 g/mol. The number of rotatable bonds is 6. The fourth-order valence-corrected chi connectivity index (χ4v) is 2.27. The van der Waals surface area contributed by atoms with Gasteiger partial charge in [-0.05, 0) is 24.6 Å². The van der Waals surface area contributed by atoms with Crippen molar-refractivity contribution in [2.75, 3.05) is 19.0 Å². The monoisotopic (exact) mass is 292 g/mol. The molecule has 0 saturated carbocycles. The van der Waals surface area contributed by atoms with Gasteiger partial charge in [-0.15, -0.1) is 10.2 Å². The Labute approximate surface area is 121 Å². The largest absolute Gasteiger partial charge is 0.497 e. The Morgan fingerprint density at radius 3 is 2.70 bits per heavy atom. The van der Waals surface area contributed by atoms with E-state index in [0.29, 0.717) is 16.7 Å². The van der Waals surface area contributed by atoms with Gasteiger partial charge < -0.3 is 15.4 Å². The second-order valence-electron chi connectivity index (χ2n) is 3.97. The molecule has 0 fully saturated rings. The zero-order chi connectivity index (χ0) is 14.4. The first-order valence-corrected chi connectivity index (χ1v) is 7.03. The highest BCUT2D eigenvalue weighted by Gasteiger charge is 2.11. The van der Waals surface area contributed by atoms with E-state index < -0.39 is 0 Å². The molecular formula is C13H16N4O2S. The number of nitrogens with zero attached hydrogens (tertiary/aromatic N) is 2. The lowest BCUT2D eigenvalue weighted by atomic mass is 10.2. The van der Waals surface area contributed by atoms with Crippen LogP contribution in [0.15, 0.2) is 24.3 Å². The number of nitrogens with one attached hydrogen (secondary N) is 2. The molecule has 1 amide bonds. The number of hydrogen-bond donors (Lipinski definition) is 2. The second-order valence-corrected chi connectivity index (χ2v) is 4.95. The Morgan fingerprint density at radius 1 is 1.30 bits per heavy atom. The van der Waals surface area contributed by atoms with Crippen molar-refractivity contribution in [1.82, 2.24) is 15.5 Å². The summed E-state index contributed by atoms with van der Waals surface area (Å²) in [7, 11) is 1.62. The average molecular weight is 292 g/mol. The van der Waals surface area contributed by atoms with E-state index in [4.69, 9.17) is 4.74 Å². The summed E-state index contributed by atoms with van der Waals surface area (Å²) in [6.07, 6.45) is 0. The van der Waals surface area contributed by atoms with E-state index in [2.05, 4.69) is 20.8 Å². The van der Waals surface area contributed by atoms with E-state index in [1.165, 1.54) is 11.3 Å². The van der Waals surface area contributed by atoms with Gasteiger partial charge in [0.1, 0.15) is 5.75 Å². The Bertz CT molecular complexity index is 568. The average Bonchev–Trinajstić information content (AvgIpc) is 2.94. The zero-order valence-electron chi connectivity index (χ0n) is 11.3. The maximum Gasteiger partial charge on any atom is 0.282 e. The predicted octanol–water partition coefficient (Wildman–Crippen LogP) is 1.91. The van der Waals surface area contributed by atoms with Crippen LogP contribution in [0, 0.1) is 0 Å². The Kier molecular flexibility index (Phi) is 4.89. The third-order valence-electron chi connectivity index (χ3n) is 2.56. The molecule has 0 spiro atoms. The molecule has 0 aliphatic carbocycles. The summed E-state index contributed by atoms with van der Waals surface area (Å²) in [6, 6.07) is 7.53. The minimum Gasteiger partial charge on any atom is -0.497 e. The molecule has 0 aliphatic heterocycles. The van der Waals surface area contributed by atoms with Crippen LogP contribution in [-0.4, -0.2) is 29.8 Å². The fraction of sp³-hybridized carbons (Fsp3) is 0.308. The molecule has 20 heavy (non-hydrogen) atoms. The molecule has 1 aromatic heterocycles. The lowest BCUT2D eigenvalue weighted by Gasteiger charge is -2.04. The van der Waals surface area contributed by atoms with Crippen LogP contribution in [0.3, 0.4) is 0 Å². The number of ether oxygens (including phenoxy) is 1. The molecule has 0 saturated heterocycles. The molecule has 1 heterocycles. The van der Waals surface area contributed by atoms with E-state index in [1.54, 1.807) is 7.11 Å². The molecule has 0 aliphatic rings. The van der Waals surface area contributed by atoms with Crippen molar-refractivity contribution in [1.29, 1.82) is 0 Å². The molecule has 106 valence electrons. The van der Waals surface area contributed by atoms with Gasteiger partial charge in [-0.2, -0.15) is 0 Å². The second kappa shape index (κ2) is 6.85. The van der Waals surface area contributed by atoms with Crippen LogP contribution in [0.4, 0.5) is 5.13 Å². The Hall–Kier alpha value is -2.15. The number of aromatic nitrogens is 2. The summed E-state index contributed by atoms with van der Waals surface area (Å²) in [4.78, 5) is 11.9. The summed E-state index contributed by atoms with van der Waals surface area (Å²) in [5.74, 6) is 0.571. The quantitative estimate of drug-likeness (QED) is 0.850. The number of methoxy groups -OCH3 is 1. The number of benzene rings is 1. The van der Waals surface area contributed by atoms with Gasteiger partial charge in [-0.25, -0.2) is 0 Å². The number of amides is 1. The summed E-state index contributed by atoms with van der Waals surface area (Å²) in [6.45, 7) is 3.16. The van der Waals surface area contributed by atoms with E-state index in [9.17, 15) is 4.79 Å². The Morgan fingerprint density at radius 2 is 2.05 bits per heavy atom. The van der Waals surface area contributed by atoms with Gasteiger partial charge in [0.25, 0.3) is 5.91 Å². The van der Waals surface area contributed by atoms with Gasteiger partial charge in [-0.3, -0.25) is 4.79 Å². The van der Waals surface area contributed by atoms with Crippen LogP contribution >= 0.6 is 11.3 Å². The maximum atomic E-state index is 11.9. The van der Waals surface area contributed by atoms with Crippen LogP contribution in [-0.2, 0) is 6.54 Å². The first-order valence-electron chi connectivity index (χ1n) is 6.21. The van der Waals surface area contributed by atoms with E-state index in [0.717, 1.165) is 17.9 Å². The molecule has 2 aromatic rings. The third kappa shape index (κ3) is 3.67. The highest BCUT2D eigenvalue weighted by molar-refractivity contribution is 7.17. The first kappa shape index (κ1) is 14.3. The zero-order valence-corrected chi connectivity index (χ0v) is 12.2. The lowest BCUT2D eigenvalue weighted by molar-refractivity contribution is 0.0950. The van der Waals surface area contributed by atoms with Crippen molar-refractivity contribution in [3.63, 3.8) is 0 Å². The highest BCUT2D eigenvalue weighted by Crippen LogP contribution is 2.15. The molecule has 7 heteroatoms. The Balaban J connectivity index is 1.90. The molecule has 0 unspecified atom stereocenters. The van der Waals surface area contributed by atoms with Crippen molar-refractivity contribution in [3.05, 3.63) is 34.8 Å². The minimum absolute atomic E-state index is 0.220. The molecule has 0 bridgehead atoms. The molecule has 6 nitrogen and oxygen atoms in total. The maximum absolute atomic E-state index is 11.9. The van der Waals surface area contributed by atoms with Gasteiger partial charge in [0.05, 0.1) is 7.11 Å². The number of anilines is 1. The van der Waals surface area contributed by atoms with Crippen molar-refractivity contribution >= 4 is 22.4 Å². The lowest BCUT2D eigenvalue weighted by Crippen LogP contribution is -2.22. The third-order valence-corrected chi connectivity index (χ3v) is 3.44. The predicted molar refractivity (Wildman–Crippen MR) is 78.2 cm³/mol. The van der Waals surface area contributed by atoms with Gasteiger partial charge in [0.2, 0.25) is 10.1 Å². The molecule has 2 rings (SSSR count). The van der Waals surface area contributed by atoms with E-state index in [1.807, 2.05) is 31.2 Å². The van der Waals surface area contributed by atoms with Crippen molar-refractivity contribution < 1.29 is 9.53 Å². The van der Waals surface area contributed by atoms with Crippen LogP contribution in [0.25, 0.3) is 0 Å². The van der Waals surface area contributed by atoms with Crippen molar-refractivity contribution in [2.45, 2.75) is 13.5 Å². The summed E-state index contributed by atoms with van der Waals surface area (Å²) < 4.78 is 5.08. The molecule has 0 radical (unpaired) electrons. The van der Waals surface area contributed by atoms with Crippen LogP contribution in [0.2, 0.25) is 0 Å². The van der Waals surface area contributed by atoms with Crippen molar-refractivity contribution in [2.24, 2.45) is 0 Å². The van der Waals surface area contributed by atoms with E-state index >= 15 is 0 Å². The first-order chi connectivity index (χ1) is 9.72. The van der Waals surface area contributed by atoms with Gasteiger partial charge in [0, 0.05) is 13.1 Å². The molecule has 0 atom stereocenters. The number of carbonyl (C=O) groups excluding carboxylic acids is 1. The van der Waals surface area contributed by atoms with Crippen LogP contribution in [0.5, 0.6) is 5.75 Å². The standard InChI is InChI=1S/C13H16N4O2S/c1-3-14-13-17-16-12(20-13)11(18)15-8-9-4-6-10(19-2)7-5-9/h4-7H,3,8H2,1-2H3,(H,14,17)(H,15,18). The SMILES string of the molecule is CCNc1nnc(C(=O)NCc2ccc(OC)cc2)s1. The van der Waals surface area contributed by atoms with Gasteiger partial charge in [0.15, 0.2) is 0 Å².